The van der Waals surface area contributed by atoms with Crippen LogP contribution in [0.25, 0.3) is 11.1 Å². The Labute approximate surface area is 209 Å². The minimum Gasteiger partial charge on any atom is -0.390 e. The molecular formula is C30H40N2O3. The summed E-state index contributed by atoms with van der Waals surface area (Å²) in [6.45, 7) is 6.12. The van der Waals surface area contributed by atoms with E-state index in [1.54, 1.807) is 13.8 Å². The van der Waals surface area contributed by atoms with E-state index in [2.05, 4.69) is 12.1 Å². The highest BCUT2D eigenvalue weighted by Crippen LogP contribution is 2.52. The van der Waals surface area contributed by atoms with Crippen molar-refractivity contribution in [2.45, 2.75) is 88.9 Å². The Hall–Kier alpha value is -2.21. The number of rotatable bonds is 6. The Kier molecular flexibility index (Phi) is 5.90. The highest BCUT2D eigenvalue weighted by molar-refractivity contribution is 5.96. The van der Waals surface area contributed by atoms with Crippen molar-refractivity contribution >= 4 is 11.6 Å². The summed E-state index contributed by atoms with van der Waals surface area (Å²) in [5, 5.41) is 20.6. The van der Waals surface area contributed by atoms with E-state index in [0.29, 0.717) is 12.8 Å². The number of carbonyl (C=O) groups is 1. The number of nitrogens with two attached hydrogens (primary N) is 1. The Morgan fingerprint density at radius 1 is 1.00 bits per heavy atom. The zero-order valence-corrected chi connectivity index (χ0v) is 21.4. The number of nitrogens with zero attached hydrogens (tertiary/aromatic N) is 1. The lowest BCUT2D eigenvalue weighted by Crippen LogP contribution is -2.57. The highest BCUT2D eigenvalue weighted by atomic mass is 16.3. The Balaban J connectivity index is 1.44. The number of aliphatic hydroxyl groups is 2. The summed E-state index contributed by atoms with van der Waals surface area (Å²) < 4.78 is 0. The van der Waals surface area contributed by atoms with Gasteiger partial charge in [-0.25, -0.2) is 0 Å². The molecule has 0 saturated heterocycles. The summed E-state index contributed by atoms with van der Waals surface area (Å²) in [6, 6.07) is 16.2. The third-order valence-electron chi connectivity index (χ3n) is 9.02. The monoisotopic (exact) mass is 476 g/mol. The van der Waals surface area contributed by atoms with Gasteiger partial charge in [0.05, 0.1) is 11.2 Å². The SMILES string of the molecule is CC(C)(O)c1ccc(-c2cccc(N(CC34CCC(N)(CC3)CC4)C(=O)[C@H]3C[C@@](C)(O)C3)c2)cc1. The first-order chi connectivity index (χ1) is 16.4. The largest absolute Gasteiger partial charge is 0.390 e. The van der Waals surface area contributed by atoms with Crippen LogP contribution in [0.15, 0.2) is 48.5 Å². The van der Waals surface area contributed by atoms with Gasteiger partial charge >= 0.3 is 0 Å². The smallest absolute Gasteiger partial charge is 0.230 e. The summed E-state index contributed by atoms with van der Waals surface area (Å²) in [7, 11) is 0. The molecule has 0 radical (unpaired) electrons. The van der Waals surface area contributed by atoms with Crippen molar-refractivity contribution < 1.29 is 15.0 Å². The summed E-state index contributed by atoms with van der Waals surface area (Å²) in [6.07, 6.45) is 7.41. The van der Waals surface area contributed by atoms with Crippen molar-refractivity contribution in [3.63, 3.8) is 0 Å². The molecule has 0 spiro atoms. The van der Waals surface area contributed by atoms with Gasteiger partial charge in [0.25, 0.3) is 0 Å². The van der Waals surface area contributed by atoms with Gasteiger partial charge in [-0.15, -0.1) is 0 Å². The fourth-order valence-electron chi connectivity index (χ4n) is 6.48. The van der Waals surface area contributed by atoms with Gasteiger partial charge in [0.15, 0.2) is 0 Å². The number of anilines is 1. The Bertz CT molecular complexity index is 1070. The lowest BCUT2D eigenvalue weighted by molar-refractivity contribution is -0.136. The standard InChI is InChI=1S/C30H40N2O3/c1-27(2,34)24-9-7-21(8-10-24)22-5-4-6-25(17-22)32(26(33)23-18-28(3,35)19-23)20-29-11-14-30(31,15-12-29)16-13-29/h4-10,17,23,34-35H,11-16,18-20,31H2,1-3H3/t23-,28+,29?,30?. The second-order valence-corrected chi connectivity index (χ2v) is 12.6. The van der Waals surface area contributed by atoms with Crippen LogP contribution in [0.3, 0.4) is 0 Å². The van der Waals surface area contributed by atoms with Gasteiger partial charge in [-0.05, 0) is 106 Å². The molecule has 4 fully saturated rings. The van der Waals surface area contributed by atoms with Crippen LogP contribution in [0.2, 0.25) is 0 Å². The number of hydrogen-bond acceptors (Lipinski definition) is 4. The minimum atomic E-state index is -0.881. The van der Waals surface area contributed by atoms with Crippen molar-refractivity contribution in [3.05, 3.63) is 54.1 Å². The van der Waals surface area contributed by atoms with Crippen LogP contribution < -0.4 is 10.6 Å². The minimum absolute atomic E-state index is 0.00151. The maximum absolute atomic E-state index is 13.8. The second kappa shape index (κ2) is 8.43. The highest BCUT2D eigenvalue weighted by Gasteiger charge is 2.50. The molecule has 2 aromatic rings. The Morgan fingerprint density at radius 2 is 1.60 bits per heavy atom. The van der Waals surface area contributed by atoms with E-state index in [-0.39, 0.29) is 22.8 Å². The van der Waals surface area contributed by atoms with E-state index in [4.69, 9.17) is 5.73 Å². The lowest BCUT2D eigenvalue weighted by atomic mass is 9.57. The zero-order valence-electron chi connectivity index (χ0n) is 21.4. The fraction of sp³-hybridized carbons (Fsp3) is 0.567. The van der Waals surface area contributed by atoms with Crippen molar-refractivity contribution in [1.82, 2.24) is 0 Å². The van der Waals surface area contributed by atoms with Gasteiger partial charge in [-0.3, -0.25) is 4.79 Å². The molecule has 4 saturated carbocycles. The fourth-order valence-corrected chi connectivity index (χ4v) is 6.48. The van der Waals surface area contributed by atoms with Gasteiger partial charge < -0.3 is 20.8 Å². The molecular weight excluding hydrogens is 436 g/mol. The van der Waals surface area contributed by atoms with Crippen LogP contribution >= 0.6 is 0 Å². The van der Waals surface area contributed by atoms with Gasteiger partial charge in [0.1, 0.15) is 0 Å². The predicted octanol–water partition coefficient (Wildman–Crippen LogP) is 5.13. The van der Waals surface area contributed by atoms with Crippen LogP contribution in [0, 0.1) is 11.3 Å². The number of fused-ring (bicyclic) bond motifs is 3. The van der Waals surface area contributed by atoms with E-state index in [9.17, 15) is 15.0 Å². The molecule has 0 aromatic heterocycles. The molecule has 5 heteroatoms. The van der Waals surface area contributed by atoms with E-state index in [1.807, 2.05) is 48.2 Å². The van der Waals surface area contributed by atoms with Crippen molar-refractivity contribution in [2.24, 2.45) is 17.1 Å². The molecule has 188 valence electrons. The average molecular weight is 477 g/mol. The summed E-state index contributed by atoms with van der Waals surface area (Å²) in [5.41, 5.74) is 8.98. The van der Waals surface area contributed by atoms with Crippen LogP contribution in [0.5, 0.6) is 0 Å². The molecule has 0 atom stereocenters. The number of amides is 1. The van der Waals surface area contributed by atoms with E-state index >= 15 is 0 Å². The van der Waals surface area contributed by atoms with Crippen LogP contribution in [-0.2, 0) is 10.4 Å². The number of carbonyl (C=O) groups excluding carboxylic acids is 1. The van der Waals surface area contributed by atoms with Gasteiger partial charge in [0.2, 0.25) is 5.91 Å². The molecule has 2 aromatic carbocycles. The summed E-state index contributed by atoms with van der Waals surface area (Å²) >= 11 is 0. The molecule has 6 rings (SSSR count). The van der Waals surface area contributed by atoms with Crippen LogP contribution in [-0.4, -0.2) is 33.8 Å². The third kappa shape index (κ3) is 4.91. The second-order valence-electron chi connectivity index (χ2n) is 12.6. The molecule has 35 heavy (non-hydrogen) atoms. The van der Waals surface area contributed by atoms with Gasteiger partial charge in [-0.2, -0.15) is 0 Å². The average Bonchev–Trinajstić information content (AvgIpc) is 2.81. The molecule has 4 aliphatic carbocycles. The molecule has 0 aliphatic heterocycles. The lowest BCUT2D eigenvalue weighted by Gasteiger charge is -2.53. The van der Waals surface area contributed by atoms with Crippen LogP contribution in [0.4, 0.5) is 5.69 Å². The van der Waals surface area contributed by atoms with Gasteiger partial charge in [-0.1, -0.05) is 36.4 Å². The summed E-state index contributed by atoms with van der Waals surface area (Å²) in [4.78, 5) is 15.8. The molecule has 5 nitrogen and oxygen atoms in total. The first kappa shape index (κ1) is 24.5. The third-order valence-corrected chi connectivity index (χ3v) is 9.02. The van der Waals surface area contributed by atoms with E-state index in [1.165, 1.54) is 0 Å². The number of hydrogen-bond donors (Lipinski definition) is 3. The normalized spacial score (nSPS) is 32.2. The van der Waals surface area contributed by atoms with E-state index < -0.39 is 11.2 Å². The maximum Gasteiger partial charge on any atom is 0.230 e. The van der Waals surface area contributed by atoms with Gasteiger partial charge in [0, 0.05) is 23.7 Å². The molecule has 0 heterocycles. The van der Waals surface area contributed by atoms with Crippen LogP contribution in [0.1, 0.15) is 77.7 Å². The quantitative estimate of drug-likeness (QED) is 0.540. The summed E-state index contributed by atoms with van der Waals surface area (Å²) in [5.74, 6) is 0.00694. The Morgan fingerprint density at radius 3 is 2.14 bits per heavy atom. The van der Waals surface area contributed by atoms with Crippen molar-refractivity contribution in [2.75, 3.05) is 11.4 Å². The molecule has 4 N–H and O–H groups in total. The first-order valence-corrected chi connectivity index (χ1v) is 13.1. The molecule has 2 bridgehead atoms. The first-order valence-electron chi connectivity index (χ1n) is 13.1. The van der Waals surface area contributed by atoms with E-state index in [0.717, 1.165) is 67.4 Å². The topological polar surface area (TPSA) is 86.8 Å². The zero-order chi connectivity index (χ0) is 25.1. The molecule has 1 amide bonds. The molecule has 4 aliphatic rings. The molecule has 0 unspecified atom stereocenters. The van der Waals surface area contributed by atoms with Crippen molar-refractivity contribution in [3.8, 4) is 11.1 Å². The number of benzene rings is 2. The maximum atomic E-state index is 13.8. The predicted molar refractivity (Wildman–Crippen MR) is 140 cm³/mol. The van der Waals surface area contributed by atoms with Crippen molar-refractivity contribution in [1.29, 1.82) is 0 Å².